The number of Topliss-reactive ketones (excluding diaryl/α,β-unsaturated/α-hetero) is 2. The van der Waals surface area contributed by atoms with Crippen LogP contribution in [0.3, 0.4) is 0 Å². The molecule has 2 rings (SSSR count). The zero-order valence-corrected chi connectivity index (χ0v) is 17.7. The topological polar surface area (TPSA) is 57.6 Å². The molecule has 152 valence electrons. The number of benzene rings is 1. The molecule has 4 heteroatoms. The molecule has 4 nitrogen and oxygen atoms in total. The first-order valence-corrected chi connectivity index (χ1v) is 10.2. The highest BCUT2D eigenvalue weighted by molar-refractivity contribution is 6.23. The molecule has 1 N–H and O–H groups in total. The molecule has 28 heavy (non-hydrogen) atoms. The van der Waals surface area contributed by atoms with Gasteiger partial charge in [-0.3, -0.25) is 9.59 Å². The first kappa shape index (κ1) is 22.1. The van der Waals surface area contributed by atoms with E-state index < -0.39 is 17.4 Å². The van der Waals surface area contributed by atoms with Gasteiger partial charge in [0.2, 0.25) is 5.78 Å². The van der Waals surface area contributed by atoms with Crippen molar-refractivity contribution < 1.29 is 14.7 Å². The summed E-state index contributed by atoms with van der Waals surface area (Å²) in [7, 11) is 0. The van der Waals surface area contributed by atoms with Crippen LogP contribution in [-0.4, -0.2) is 39.8 Å². The van der Waals surface area contributed by atoms with Crippen LogP contribution in [0.2, 0.25) is 0 Å². The van der Waals surface area contributed by atoms with Gasteiger partial charge in [-0.15, -0.1) is 0 Å². The van der Waals surface area contributed by atoms with E-state index in [4.69, 9.17) is 0 Å². The van der Waals surface area contributed by atoms with Crippen LogP contribution in [0.15, 0.2) is 53.8 Å². The highest BCUT2D eigenvalue weighted by Gasteiger charge is 2.48. The fourth-order valence-electron chi connectivity index (χ4n) is 3.87. The highest BCUT2D eigenvalue weighted by atomic mass is 16.3. The fourth-order valence-corrected chi connectivity index (χ4v) is 3.87. The van der Waals surface area contributed by atoms with E-state index in [1.807, 2.05) is 30.0 Å². The molecule has 1 aliphatic heterocycles. The maximum absolute atomic E-state index is 12.9. The van der Waals surface area contributed by atoms with Gasteiger partial charge in [0.1, 0.15) is 5.60 Å². The molecule has 0 saturated carbocycles. The second-order valence-electron chi connectivity index (χ2n) is 7.97. The predicted octanol–water partition coefficient (Wildman–Crippen LogP) is 4.09. The smallest absolute Gasteiger partial charge is 0.201 e. The third kappa shape index (κ3) is 4.79. The Labute approximate surface area is 168 Å². The number of nitrogens with zero attached hydrogens (tertiary/aromatic N) is 1. The monoisotopic (exact) mass is 383 g/mol. The fraction of sp³-hybridized carbons (Fsp3) is 0.500. The van der Waals surface area contributed by atoms with Crippen LogP contribution in [0.5, 0.6) is 0 Å². The van der Waals surface area contributed by atoms with Gasteiger partial charge in [-0.2, -0.15) is 0 Å². The van der Waals surface area contributed by atoms with Crippen molar-refractivity contribution >= 4 is 11.6 Å². The Bertz CT molecular complexity index is 761. The zero-order chi connectivity index (χ0) is 20.9. The minimum absolute atomic E-state index is 0.105. The summed E-state index contributed by atoms with van der Waals surface area (Å²) in [5, 5.41) is 11.2. The molecule has 0 aromatic heterocycles. The molecule has 0 aliphatic carbocycles. The first-order chi connectivity index (χ1) is 13.2. The summed E-state index contributed by atoms with van der Waals surface area (Å²) >= 11 is 0. The van der Waals surface area contributed by atoms with E-state index in [-0.39, 0.29) is 17.8 Å². The SMILES string of the molecule is CCC(=O)C1=CN(CCc2ccccc2)C(/C(C)=C/C(C)CC)C(C)(O)C1=O. The third-order valence-corrected chi connectivity index (χ3v) is 5.61. The number of rotatable bonds is 8. The van der Waals surface area contributed by atoms with Crippen LogP contribution in [-0.2, 0) is 16.0 Å². The Morgan fingerprint density at radius 1 is 1.29 bits per heavy atom. The van der Waals surface area contributed by atoms with Crippen LogP contribution in [0.25, 0.3) is 0 Å². The summed E-state index contributed by atoms with van der Waals surface area (Å²) in [6, 6.07) is 9.62. The number of carbonyl (C=O) groups excluding carboxylic acids is 2. The second-order valence-corrected chi connectivity index (χ2v) is 7.97. The van der Waals surface area contributed by atoms with Gasteiger partial charge in [-0.05, 0) is 31.7 Å². The maximum Gasteiger partial charge on any atom is 0.201 e. The molecular formula is C24H33NO3. The number of hydrogen-bond donors (Lipinski definition) is 1. The van der Waals surface area contributed by atoms with Crippen LogP contribution < -0.4 is 0 Å². The van der Waals surface area contributed by atoms with Crippen molar-refractivity contribution in [2.24, 2.45) is 5.92 Å². The Kier molecular flexibility index (Phi) is 7.36. The van der Waals surface area contributed by atoms with E-state index in [1.54, 1.807) is 20.0 Å². The molecule has 1 aromatic carbocycles. The Hall–Kier alpha value is -2.20. The Morgan fingerprint density at radius 3 is 2.50 bits per heavy atom. The van der Waals surface area contributed by atoms with E-state index in [0.29, 0.717) is 12.5 Å². The van der Waals surface area contributed by atoms with Crippen molar-refractivity contribution in [1.82, 2.24) is 4.90 Å². The van der Waals surface area contributed by atoms with Crippen molar-refractivity contribution in [3.05, 3.63) is 59.3 Å². The van der Waals surface area contributed by atoms with Crippen molar-refractivity contribution in [2.75, 3.05) is 6.54 Å². The van der Waals surface area contributed by atoms with Crippen LogP contribution in [0.1, 0.15) is 53.0 Å². The largest absolute Gasteiger partial charge is 0.379 e. The van der Waals surface area contributed by atoms with E-state index in [9.17, 15) is 14.7 Å². The minimum Gasteiger partial charge on any atom is -0.379 e. The van der Waals surface area contributed by atoms with E-state index in [0.717, 1.165) is 18.4 Å². The zero-order valence-electron chi connectivity index (χ0n) is 17.7. The lowest BCUT2D eigenvalue weighted by Gasteiger charge is -2.44. The molecule has 0 radical (unpaired) electrons. The van der Waals surface area contributed by atoms with Gasteiger partial charge < -0.3 is 10.0 Å². The summed E-state index contributed by atoms with van der Waals surface area (Å²) in [4.78, 5) is 27.3. The Morgan fingerprint density at radius 2 is 1.93 bits per heavy atom. The molecule has 0 bridgehead atoms. The van der Waals surface area contributed by atoms with Crippen molar-refractivity contribution in [3.8, 4) is 0 Å². The van der Waals surface area contributed by atoms with E-state index in [2.05, 4.69) is 32.1 Å². The minimum atomic E-state index is -1.64. The third-order valence-electron chi connectivity index (χ3n) is 5.61. The molecule has 0 spiro atoms. The van der Waals surface area contributed by atoms with Gasteiger partial charge in [-0.25, -0.2) is 0 Å². The van der Waals surface area contributed by atoms with Crippen LogP contribution >= 0.6 is 0 Å². The lowest BCUT2D eigenvalue weighted by molar-refractivity contribution is -0.140. The lowest BCUT2D eigenvalue weighted by atomic mass is 9.78. The number of aliphatic hydroxyl groups is 1. The average molecular weight is 384 g/mol. The summed E-state index contributed by atoms with van der Waals surface area (Å²) in [5.74, 6) is -0.348. The molecule has 0 fully saturated rings. The summed E-state index contributed by atoms with van der Waals surface area (Å²) in [5.41, 5.74) is 0.603. The lowest BCUT2D eigenvalue weighted by Crippen LogP contribution is -2.59. The standard InChI is InChI=1S/C24H33NO3/c1-6-17(3)15-18(4)22-24(5,28)23(27)20(21(26)7-2)16-25(22)14-13-19-11-9-8-10-12-19/h8-12,15-17,22,28H,6-7,13-14H2,1-5H3/b18-15+. The van der Waals surface area contributed by atoms with Gasteiger partial charge in [0.25, 0.3) is 0 Å². The van der Waals surface area contributed by atoms with Gasteiger partial charge in [0.05, 0.1) is 11.6 Å². The Balaban J connectivity index is 2.44. The molecule has 3 atom stereocenters. The van der Waals surface area contributed by atoms with Gasteiger partial charge in [-0.1, -0.05) is 69.2 Å². The van der Waals surface area contributed by atoms with Crippen molar-refractivity contribution in [3.63, 3.8) is 0 Å². The van der Waals surface area contributed by atoms with Crippen LogP contribution in [0.4, 0.5) is 0 Å². The van der Waals surface area contributed by atoms with Gasteiger partial charge in [0.15, 0.2) is 5.78 Å². The van der Waals surface area contributed by atoms with E-state index >= 15 is 0 Å². The molecule has 0 saturated heterocycles. The summed E-state index contributed by atoms with van der Waals surface area (Å²) < 4.78 is 0. The quantitative estimate of drug-likeness (QED) is 0.543. The number of allylic oxidation sites excluding steroid dienone is 1. The molecule has 0 amide bonds. The maximum atomic E-state index is 12.9. The normalized spacial score (nSPS) is 24.1. The molecule has 1 heterocycles. The van der Waals surface area contributed by atoms with Crippen molar-refractivity contribution in [1.29, 1.82) is 0 Å². The van der Waals surface area contributed by atoms with Crippen LogP contribution in [0, 0.1) is 5.92 Å². The first-order valence-electron chi connectivity index (χ1n) is 10.2. The number of hydrogen-bond acceptors (Lipinski definition) is 4. The van der Waals surface area contributed by atoms with E-state index in [1.165, 1.54) is 5.56 Å². The second kappa shape index (κ2) is 9.33. The van der Waals surface area contributed by atoms with Gasteiger partial charge in [0, 0.05) is 19.2 Å². The molecule has 1 aromatic rings. The number of carbonyl (C=O) groups is 2. The van der Waals surface area contributed by atoms with Gasteiger partial charge >= 0.3 is 0 Å². The predicted molar refractivity (Wildman–Crippen MR) is 113 cm³/mol. The molecular weight excluding hydrogens is 350 g/mol. The summed E-state index contributed by atoms with van der Waals surface area (Å²) in [6.07, 6.45) is 5.80. The molecule has 1 aliphatic rings. The highest BCUT2D eigenvalue weighted by Crippen LogP contribution is 2.33. The molecule has 3 unspecified atom stereocenters. The summed E-state index contributed by atoms with van der Waals surface area (Å²) in [6.45, 7) is 10.1. The van der Waals surface area contributed by atoms with Crippen molar-refractivity contribution in [2.45, 2.75) is 65.5 Å². The average Bonchev–Trinajstić information content (AvgIpc) is 2.68. The number of ketones is 2.